The fourth-order valence-electron chi connectivity index (χ4n) is 1.32. The van der Waals surface area contributed by atoms with Crippen molar-refractivity contribution in [2.24, 2.45) is 0 Å². The van der Waals surface area contributed by atoms with Crippen LogP contribution in [-0.4, -0.2) is 19.5 Å². The SMILES string of the molecule is N#Cc1nccn1-c1ccc([N+](=O)[O-])c(N)n1. The monoisotopic (exact) mass is 230 g/mol. The zero-order chi connectivity index (χ0) is 12.4. The van der Waals surface area contributed by atoms with E-state index in [1.807, 2.05) is 6.07 Å². The van der Waals surface area contributed by atoms with Gasteiger partial charge in [-0.1, -0.05) is 0 Å². The summed E-state index contributed by atoms with van der Waals surface area (Å²) >= 11 is 0. The lowest BCUT2D eigenvalue weighted by Gasteiger charge is -2.03. The molecule has 0 bridgehead atoms. The average molecular weight is 230 g/mol. The van der Waals surface area contributed by atoms with Gasteiger partial charge in [-0.25, -0.2) is 9.97 Å². The number of nitrogen functional groups attached to an aromatic ring is 1. The molecular weight excluding hydrogens is 224 g/mol. The highest BCUT2D eigenvalue weighted by atomic mass is 16.6. The Labute approximate surface area is 95.1 Å². The van der Waals surface area contributed by atoms with E-state index in [-0.39, 0.29) is 17.3 Å². The van der Waals surface area contributed by atoms with Crippen molar-refractivity contribution in [3.8, 4) is 11.9 Å². The molecule has 2 N–H and O–H groups in total. The molecular formula is C9H6N6O2. The van der Waals surface area contributed by atoms with Crippen LogP contribution in [0.25, 0.3) is 5.82 Å². The molecule has 2 heterocycles. The van der Waals surface area contributed by atoms with Gasteiger partial charge in [0.1, 0.15) is 11.9 Å². The number of anilines is 1. The molecule has 0 aliphatic heterocycles. The van der Waals surface area contributed by atoms with E-state index in [0.717, 1.165) is 0 Å². The van der Waals surface area contributed by atoms with Crippen molar-refractivity contribution in [3.63, 3.8) is 0 Å². The van der Waals surface area contributed by atoms with E-state index in [1.54, 1.807) is 0 Å². The molecule has 0 amide bonds. The number of nitrogens with two attached hydrogens (primary N) is 1. The molecule has 0 atom stereocenters. The number of aromatic nitrogens is 3. The fraction of sp³-hybridized carbons (Fsp3) is 0. The number of imidazole rings is 1. The lowest BCUT2D eigenvalue weighted by molar-refractivity contribution is -0.384. The lowest BCUT2D eigenvalue weighted by atomic mass is 10.3. The fourth-order valence-corrected chi connectivity index (χ4v) is 1.32. The molecule has 2 aromatic rings. The second-order valence-electron chi connectivity index (χ2n) is 3.06. The molecule has 0 fully saturated rings. The van der Waals surface area contributed by atoms with Crippen LogP contribution in [0.1, 0.15) is 5.82 Å². The standard InChI is InChI=1S/C9H6N6O2/c10-5-8-12-3-4-14(8)7-2-1-6(15(16)17)9(11)13-7/h1-4H,(H2,11,13). The van der Waals surface area contributed by atoms with Crippen molar-refractivity contribution < 1.29 is 4.92 Å². The van der Waals surface area contributed by atoms with Crippen molar-refractivity contribution >= 4 is 11.5 Å². The summed E-state index contributed by atoms with van der Waals surface area (Å²) in [6.07, 6.45) is 2.95. The third kappa shape index (κ3) is 1.76. The van der Waals surface area contributed by atoms with Crippen LogP contribution in [0, 0.1) is 21.4 Å². The van der Waals surface area contributed by atoms with Gasteiger partial charge in [0.15, 0.2) is 0 Å². The van der Waals surface area contributed by atoms with Crippen LogP contribution >= 0.6 is 0 Å². The molecule has 0 spiro atoms. The minimum Gasteiger partial charge on any atom is -0.378 e. The Hall–Kier alpha value is -2.95. The molecule has 8 heteroatoms. The number of pyridine rings is 1. The number of nitrogens with zero attached hydrogens (tertiary/aromatic N) is 5. The minimum atomic E-state index is -0.620. The topological polar surface area (TPSA) is 124 Å². The summed E-state index contributed by atoms with van der Waals surface area (Å²) in [6.45, 7) is 0. The summed E-state index contributed by atoms with van der Waals surface area (Å²) in [5.74, 6) is 0.234. The van der Waals surface area contributed by atoms with Crippen LogP contribution in [-0.2, 0) is 0 Å². The van der Waals surface area contributed by atoms with E-state index >= 15 is 0 Å². The molecule has 0 aliphatic rings. The van der Waals surface area contributed by atoms with Gasteiger partial charge in [-0.2, -0.15) is 5.26 Å². The highest BCUT2D eigenvalue weighted by Crippen LogP contribution is 2.20. The molecule has 0 aliphatic carbocycles. The van der Waals surface area contributed by atoms with Crippen molar-refractivity contribution in [1.29, 1.82) is 5.26 Å². The van der Waals surface area contributed by atoms with Gasteiger partial charge in [0.2, 0.25) is 11.6 Å². The molecule has 0 aromatic carbocycles. The van der Waals surface area contributed by atoms with Crippen LogP contribution in [0.2, 0.25) is 0 Å². The van der Waals surface area contributed by atoms with Gasteiger partial charge in [0.25, 0.3) is 0 Å². The van der Waals surface area contributed by atoms with E-state index < -0.39 is 4.92 Å². The van der Waals surface area contributed by atoms with Crippen LogP contribution in [0.5, 0.6) is 0 Å². The molecule has 0 radical (unpaired) electrons. The van der Waals surface area contributed by atoms with Gasteiger partial charge < -0.3 is 5.73 Å². The summed E-state index contributed by atoms with van der Waals surface area (Å²) in [6, 6.07) is 4.50. The number of hydrogen-bond acceptors (Lipinski definition) is 6. The molecule has 0 saturated heterocycles. The van der Waals surface area contributed by atoms with Gasteiger partial charge >= 0.3 is 5.69 Å². The third-order valence-electron chi connectivity index (χ3n) is 2.07. The molecule has 2 rings (SSSR count). The van der Waals surface area contributed by atoms with Crippen LogP contribution in [0.4, 0.5) is 11.5 Å². The first-order valence-corrected chi connectivity index (χ1v) is 4.48. The number of hydrogen-bond donors (Lipinski definition) is 1. The van der Waals surface area contributed by atoms with Gasteiger partial charge in [-0.15, -0.1) is 0 Å². The molecule has 17 heavy (non-hydrogen) atoms. The van der Waals surface area contributed by atoms with Crippen LogP contribution in [0.15, 0.2) is 24.5 Å². The first kappa shape index (κ1) is 10.6. The smallest absolute Gasteiger partial charge is 0.311 e. The van der Waals surface area contributed by atoms with Crippen molar-refractivity contribution in [1.82, 2.24) is 14.5 Å². The third-order valence-corrected chi connectivity index (χ3v) is 2.07. The van der Waals surface area contributed by atoms with Gasteiger partial charge in [-0.3, -0.25) is 14.7 Å². The first-order valence-electron chi connectivity index (χ1n) is 4.48. The molecule has 0 saturated carbocycles. The van der Waals surface area contributed by atoms with E-state index in [0.29, 0.717) is 5.82 Å². The van der Waals surface area contributed by atoms with Crippen LogP contribution in [0.3, 0.4) is 0 Å². The van der Waals surface area contributed by atoms with Crippen molar-refractivity contribution in [3.05, 3.63) is 40.5 Å². The predicted octanol–water partition coefficient (Wildman–Crippen LogP) is 0.629. The number of rotatable bonds is 2. The second-order valence-corrected chi connectivity index (χ2v) is 3.06. The Morgan fingerprint density at radius 2 is 2.29 bits per heavy atom. The quantitative estimate of drug-likeness (QED) is 0.595. The second kappa shape index (κ2) is 3.90. The summed E-state index contributed by atoms with van der Waals surface area (Å²) < 4.78 is 1.39. The number of nitriles is 1. The molecule has 84 valence electrons. The summed E-state index contributed by atoms with van der Waals surface area (Å²) in [5, 5.41) is 19.3. The zero-order valence-corrected chi connectivity index (χ0v) is 8.44. The molecule has 0 unspecified atom stereocenters. The summed E-state index contributed by atoms with van der Waals surface area (Å²) in [7, 11) is 0. The van der Waals surface area contributed by atoms with Gasteiger partial charge in [0, 0.05) is 18.5 Å². The van der Waals surface area contributed by atoms with Gasteiger partial charge in [0.05, 0.1) is 4.92 Å². The van der Waals surface area contributed by atoms with E-state index in [9.17, 15) is 10.1 Å². The summed E-state index contributed by atoms with van der Waals surface area (Å²) in [5.41, 5.74) is 5.18. The molecule has 2 aromatic heterocycles. The minimum absolute atomic E-state index is 0.130. The average Bonchev–Trinajstić information content (AvgIpc) is 2.76. The highest BCUT2D eigenvalue weighted by molar-refractivity contribution is 5.54. The number of nitro groups is 1. The van der Waals surface area contributed by atoms with Crippen LogP contribution < -0.4 is 5.73 Å². The highest BCUT2D eigenvalue weighted by Gasteiger charge is 2.14. The first-order chi connectivity index (χ1) is 8.13. The van der Waals surface area contributed by atoms with E-state index in [2.05, 4.69) is 9.97 Å². The summed E-state index contributed by atoms with van der Waals surface area (Å²) in [4.78, 5) is 17.6. The Morgan fingerprint density at radius 3 is 2.88 bits per heavy atom. The van der Waals surface area contributed by atoms with Crippen molar-refractivity contribution in [2.45, 2.75) is 0 Å². The Balaban J connectivity index is 2.53. The van der Waals surface area contributed by atoms with Gasteiger partial charge in [-0.05, 0) is 6.07 Å². The Bertz CT molecular complexity index is 627. The maximum atomic E-state index is 10.6. The maximum Gasteiger partial charge on any atom is 0.311 e. The lowest BCUT2D eigenvalue weighted by Crippen LogP contribution is -2.04. The van der Waals surface area contributed by atoms with E-state index in [1.165, 1.54) is 29.1 Å². The maximum absolute atomic E-state index is 10.6. The predicted molar refractivity (Wildman–Crippen MR) is 57.1 cm³/mol. The Morgan fingerprint density at radius 1 is 1.53 bits per heavy atom. The Kier molecular flexibility index (Phi) is 2.42. The molecule has 8 nitrogen and oxygen atoms in total. The largest absolute Gasteiger partial charge is 0.378 e. The normalized spacial score (nSPS) is 9.82. The van der Waals surface area contributed by atoms with Crippen molar-refractivity contribution in [2.75, 3.05) is 5.73 Å². The zero-order valence-electron chi connectivity index (χ0n) is 8.44. The van der Waals surface area contributed by atoms with E-state index in [4.69, 9.17) is 11.0 Å².